The zero-order chi connectivity index (χ0) is 20.0. The van der Waals surface area contributed by atoms with Crippen LogP contribution in [0.2, 0.25) is 0 Å². The molecule has 1 aliphatic heterocycles. The maximum atomic E-state index is 12.1. The molecule has 8 nitrogen and oxygen atoms in total. The summed E-state index contributed by atoms with van der Waals surface area (Å²) in [6.07, 6.45) is 0.700. The molecule has 5 rings (SSSR count). The number of hydrogen-bond donors (Lipinski definition) is 2. The fraction of sp³-hybridized carbons (Fsp3) is 0.238. The van der Waals surface area contributed by atoms with Crippen molar-refractivity contribution < 1.29 is 9.53 Å². The molecule has 29 heavy (non-hydrogen) atoms. The van der Waals surface area contributed by atoms with E-state index in [1.807, 2.05) is 49.4 Å². The van der Waals surface area contributed by atoms with Crippen molar-refractivity contribution in [3.8, 4) is 17.1 Å². The highest BCUT2D eigenvalue weighted by atomic mass is 16.5. The van der Waals surface area contributed by atoms with Crippen LogP contribution >= 0.6 is 0 Å². The molecule has 0 spiro atoms. The van der Waals surface area contributed by atoms with Gasteiger partial charge in [0.05, 0.1) is 12.6 Å². The molecule has 0 saturated carbocycles. The van der Waals surface area contributed by atoms with E-state index in [2.05, 4.69) is 10.6 Å². The second kappa shape index (κ2) is 6.73. The molecule has 146 valence electrons. The van der Waals surface area contributed by atoms with E-state index in [-0.39, 0.29) is 11.9 Å². The Balaban J connectivity index is 1.71. The zero-order valence-corrected chi connectivity index (χ0v) is 16.1. The maximum absolute atomic E-state index is 12.1. The minimum absolute atomic E-state index is 0.0305. The number of anilines is 1. The average molecular weight is 388 g/mol. The monoisotopic (exact) mass is 388 g/mol. The van der Waals surface area contributed by atoms with Crippen molar-refractivity contribution in [2.75, 3.05) is 19.0 Å². The quantitative estimate of drug-likeness (QED) is 0.558. The first-order chi connectivity index (χ1) is 14.1. The third-order valence-corrected chi connectivity index (χ3v) is 5.11. The normalized spacial score (nSPS) is 16.3. The van der Waals surface area contributed by atoms with Gasteiger partial charge in [0.15, 0.2) is 11.5 Å². The van der Waals surface area contributed by atoms with E-state index in [1.54, 1.807) is 11.6 Å². The van der Waals surface area contributed by atoms with Gasteiger partial charge in [0.25, 0.3) is 0 Å². The number of fused-ring (bicyclic) bond motifs is 3. The first-order valence-electron chi connectivity index (χ1n) is 9.48. The van der Waals surface area contributed by atoms with Crippen molar-refractivity contribution in [2.24, 2.45) is 0 Å². The molecule has 4 aromatic rings. The minimum Gasteiger partial charge on any atom is -0.497 e. The highest BCUT2D eigenvalue weighted by Crippen LogP contribution is 2.27. The lowest BCUT2D eigenvalue weighted by Crippen LogP contribution is -2.30. The molecular formula is C21H20N6O2. The van der Waals surface area contributed by atoms with Crippen LogP contribution in [0, 0.1) is 6.92 Å². The molecule has 0 aliphatic carbocycles. The van der Waals surface area contributed by atoms with Crippen LogP contribution in [0.5, 0.6) is 5.75 Å². The lowest BCUT2D eigenvalue weighted by atomic mass is 10.1. The number of ether oxygens (including phenoxy) is 1. The van der Waals surface area contributed by atoms with Crippen LogP contribution in [-0.2, 0) is 4.79 Å². The first-order valence-corrected chi connectivity index (χ1v) is 9.48. The van der Waals surface area contributed by atoms with Crippen molar-refractivity contribution in [1.29, 1.82) is 0 Å². The van der Waals surface area contributed by atoms with Crippen LogP contribution in [0.4, 0.5) is 5.95 Å². The zero-order valence-electron chi connectivity index (χ0n) is 16.1. The Kier molecular flexibility index (Phi) is 4.04. The Morgan fingerprint density at radius 2 is 2.10 bits per heavy atom. The molecule has 1 fully saturated rings. The van der Waals surface area contributed by atoms with E-state index in [0.717, 1.165) is 27.8 Å². The number of nitrogens with one attached hydrogen (secondary N) is 2. The van der Waals surface area contributed by atoms with Gasteiger partial charge in [-0.05, 0) is 37.6 Å². The van der Waals surface area contributed by atoms with Crippen molar-refractivity contribution in [1.82, 2.24) is 24.9 Å². The van der Waals surface area contributed by atoms with Crippen LogP contribution in [-0.4, -0.2) is 45.2 Å². The summed E-state index contributed by atoms with van der Waals surface area (Å²) in [5.41, 5.74) is 3.45. The highest BCUT2D eigenvalue weighted by Gasteiger charge is 2.26. The number of aryl methyl sites for hydroxylation is 1. The second-order valence-electron chi connectivity index (χ2n) is 7.14. The minimum atomic E-state index is -0.335. The molecule has 1 amide bonds. The smallest absolute Gasteiger partial charge is 0.242 e. The predicted molar refractivity (Wildman–Crippen MR) is 110 cm³/mol. The van der Waals surface area contributed by atoms with Gasteiger partial charge in [0.2, 0.25) is 11.9 Å². The van der Waals surface area contributed by atoms with Crippen LogP contribution < -0.4 is 15.4 Å². The van der Waals surface area contributed by atoms with Gasteiger partial charge in [-0.3, -0.25) is 4.79 Å². The third-order valence-electron chi connectivity index (χ3n) is 5.11. The number of nitrogens with zero attached hydrogens (tertiary/aromatic N) is 4. The summed E-state index contributed by atoms with van der Waals surface area (Å²) in [5, 5.41) is 11.7. The van der Waals surface area contributed by atoms with Gasteiger partial charge in [0.1, 0.15) is 11.8 Å². The lowest BCUT2D eigenvalue weighted by Gasteiger charge is -2.12. The highest BCUT2D eigenvalue weighted by molar-refractivity contribution is 5.94. The molecule has 1 aliphatic rings. The van der Waals surface area contributed by atoms with Crippen LogP contribution in [0.3, 0.4) is 0 Å². The number of methoxy groups -OCH3 is 1. The van der Waals surface area contributed by atoms with Crippen LogP contribution in [0.1, 0.15) is 12.0 Å². The van der Waals surface area contributed by atoms with Gasteiger partial charge < -0.3 is 15.4 Å². The topological polar surface area (TPSA) is 93.4 Å². The summed E-state index contributed by atoms with van der Waals surface area (Å²) in [5.74, 6) is 1.77. The van der Waals surface area contributed by atoms with E-state index in [9.17, 15) is 4.79 Å². The standard InChI is InChI=1S/C21H20N6O2/c1-12-6-7-16-15(10-12)19-25-18(13-4-3-5-14(11-13)29-2)26-27(19)21(23-16)24-17-8-9-22-20(17)28/h3-7,10-11,17H,8-9H2,1-2H3,(H,22,28)(H,23,24). The molecule has 1 unspecified atom stereocenters. The summed E-state index contributed by atoms with van der Waals surface area (Å²) >= 11 is 0. The molecule has 2 aromatic heterocycles. The second-order valence-corrected chi connectivity index (χ2v) is 7.14. The van der Waals surface area contributed by atoms with Gasteiger partial charge in [-0.15, -0.1) is 5.10 Å². The van der Waals surface area contributed by atoms with Gasteiger partial charge in [-0.1, -0.05) is 23.8 Å². The average Bonchev–Trinajstić information content (AvgIpc) is 3.36. The Bertz CT molecular complexity index is 1250. The number of aromatic nitrogens is 4. The Morgan fingerprint density at radius 1 is 1.21 bits per heavy atom. The van der Waals surface area contributed by atoms with Crippen molar-refractivity contribution in [3.63, 3.8) is 0 Å². The maximum Gasteiger partial charge on any atom is 0.242 e. The fourth-order valence-corrected chi connectivity index (χ4v) is 3.59. The number of hydrogen-bond acceptors (Lipinski definition) is 6. The number of benzene rings is 2. The SMILES string of the molecule is COc1cccc(-c2nc3c4cc(C)ccc4nc(NC4CCNC4=O)n3n2)c1. The molecule has 3 heterocycles. The molecule has 1 saturated heterocycles. The number of rotatable bonds is 4. The molecule has 0 bridgehead atoms. The van der Waals surface area contributed by atoms with Crippen molar-refractivity contribution >= 4 is 28.4 Å². The van der Waals surface area contributed by atoms with E-state index in [0.29, 0.717) is 30.4 Å². The predicted octanol–water partition coefficient (Wildman–Crippen LogP) is 2.56. The van der Waals surface area contributed by atoms with Gasteiger partial charge >= 0.3 is 0 Å². The van der Waals surface area contributed by atoms with Crippen LogP contribution in [0.15, 0.2) is 42.5 Å². The summed E-state index contributed by atoms with van der Waals surface area (Å²) in [6, 6.07) is 13.3. The van der Waals surface area contributed by atoms with E-state index in [4.69, 9.17) is 19.8 Å². The van der Waals surface area contributed by atoms with Crippen LogP contribution in [0.25, 0.3) is 27.9 Å². The number of amides is 1. The Hall–Kier alpha value is -3.68. The summed E-state index contributed by atoms with van der Waals surface area (Å²) in [4.78, 5) is 21.6. The van der Waals surface area contributed by atoms with Gasteiger partial charge in [-0.2, -0.15) is 4.52 Å². The third kappa shape index (κ3) is 3.02. The summed E-state index contributed by atoms with van der Waals surface area (Å²) in [7, 11) is 1.63. The van der Waals surface area contributed by atoms with Gasteiger partial charge in [0, 0.05) is 17.5 Å². The molecule has 8 heteroatoms. The molecule has 1 atom stereocenters. The number of carbonyl (C=O) groups excluding carboxylic acids is 1. The molecule has 2 aromatic carbocycles. The lowest BCUT2D eigenvalue weighted by molar-refractivity contribution is -0.119. The molecular weight excluding hydrogens is 368 g/mol. The molecule has 0 radical (unpaired) electrons. The van der Waals surface area contributed by atoms with E-state index >= 15 is 0 Å². The summed E-state index contributed by atoms with van der Waals surface area (Å²) in [6.45, 7) is 2.68. The fourth-order valence-electron chi connectivity index (χ4n) is 3.59. The Labute approximate surface area is 166 Å². The molecule has 2 N–H and O–H groups in total. The van der Waals surface area contributed by atoms with Crippen molar-refractivity contribution in [2.45, 2.75) is 19.4 Å². The first kappa shape index (κ1) is 17.4. The van der Waals surface area contributed by atoms with E-state index < -0.39 is 0 Å². The number of carbonyl (C=O) groups is 1. The summed E-state index contributed by atoms with van der Waals surface area (Å²) < 4.78 is 7.01. The Morgan fingerprint density at radius 3 is 2.90 bits per heavy atom. The van der Waals surface area contributed by atoms with E-state index in [1.165, 1.54) is 0 Å². The van der Waals surface area contributed by atoms with Crippen molar-refractivity contribution in [3.05, 3.63) is 48.0 Å². The van der Waals surface area contributed by atoms with Gasteiger partial charge in [-0.25, -0.2) is 9.97 Å². The largest absolute Gasteiger partial charge is 0.497 e.